The summed E-state index contributed by atoms with van der Waals surface area (Å²) in [5.41, 5.74) is 2.86. The van der Waals surface area contributed by atoms with Gasteiger partial charge in [-0.2, -0.15) is 5.26 Å². The van der Waals surface area contributed by atoms with Gasteiger partial charge in [0.1, 0.15) is 11.6 Å². The zero-order chi connectivity index (χ0) is 21.5. The summed E-state index contributed by atoms with van der Waals surface area (Å²) in [5, 5.41) is 21.2. The summed E-state index contributed by atoms with van der Waals surface area (Å²) in [5.74, 6) is -2.25. The Morgan fingerprint density at radius 3 is 2.13 bits per heavy atom. The van der Waals surface area contributed by atoms with E-state index < -0.39 is 17.4 Å². The van der Waals surface area contributed by atoms with E-state index in [4.69, 9.17) is 5.26 Å². The molecule has 3 rings (SSSR count). The van der Waals surface area contributed by atoms with Crippen molar-refractivity contribution in [2.24, 2.45) is 0 Å². The van der Waals surface area contributed by atoms with Gasteiger partial charge in [0.15, 0.2) is 5.75 Å². The zero-order valence-electron chi connectivity index (χ0n) is 17.1. The molecule has 0 heterocycles. The number of benzene rings is 3. The Hall–Kier alpha value is -3.19. The van der Waals surface area contributed by atoms with E-state index >= 15 is 4.39 Å². The predicted octanol–water partition coefficient (Wildman–Crippen LogP) is 7.17. The Bertz CT molecular complexity index is 1030. The lowest BCUT2D eigenvalue weighted by Crippen LogP contribution is -2.01. The molecule has 0 aliphatic rings. The molecule has 0 atom stereocenters. The van der Waals surface area contributed by atoms with Gasteiger partial charge in [-0.25, -0.2) is 8.78 Å². The molecular formula is C26H24F2NO. The van der Waals surface area contributed by atoms with Crippen LogP contribution in [0, 0.1) is 23.0 Å². The molecule has 0 saturated heterocycles. The minimum atomic E-state index is -0.814. The standard InChI is InChI=1S/C26H24F2NO/c1-2-3-4-5-18-10-13-21(14-11-18)25-24(30)16-23(27)22(26(25)28)15-12-19-6-8-20(17-29)9-7-19/h6-11,13-14,16H,2-5,12,15H2,1H3. The summed E-state index contributed by atoms with van der Waals surface area (Å²) in [6.45, 7) is 2.15. The summed E-state index contributed by atoms with van der Waals surface area (Å²) in [4.78, 5) is 0. The molecule has 0 unspecified atom stereocenters. The summed E-state index contributed by atoms with van der Waals surface area (Å²) >= 11 is 0. The molecule has 0 aromatic heterocycles. The Kier molecular flexibility index (Phi) is 7.19. The van der Waals surface area contributed by atoms with E-state index in [9.17, 15) is 9.50 Å². The number of rotatable bonds is 8. The Labute approximate surface area is 176 Å². The molecule has 0 N–H and O–H groups in total. The van der Waals surface area contributed by atoms with Crippen molar-refractivity contribution in [1.29, 1.82) is 5.26 Å². The van der Waals surface area contributed by atoms with Crippen LogP contribution in [0.25, 0.3) is 11.1 Å². The Balaban J connectivity index is 1.82. The Morgan fingerprint density at radius 2 is 1.50 bits per heavy atom. The molecule has 3 aromatic rings. The molecule has 0 aliphatic carbocycles. The average Bonchev–Trinajstić information content (AvgIpc) is 2.75. The number of aryl methyl sites for hydroxylation is 2. The highest BCUT2D eigenvalue weighted by molar-refractivity contribution is 5.72. The third-order valence-electron chi connectivity index (χ3n) is 5.34. The first-order valence-electron chi connectivity index (χ1n) is 10.3. The van der Waals surface area contributed by atoms with Crippen LogP contribution < -0.4 is 0 Å². The molecular weight excluding hydrogens is 380 g/mol. The minimum Gasteiger partial charge on any atom is -0.289 e. The van der Waals surface area contributed by atoms with Gasteiger partial charge in [-0.3, -0.25) is 5.11 Å². The van der Waals surface area contributed by atoms with Gasteiger partial charge >= 0.3 is 0 Å². The fourth-order valence-electron chi connectivity index (χ4n) is 3.57. The van der Waals surface area contributed by atoms with Crippen LogP contribution in [-0.4, -0.2) is 0 Å². The fraction of sp³-hybridized carbons (Fsp3) is 0.269. The number of hydrogen-bond acceptors (Lipinski definition) is 1. The third-order valence-corrected chi connectivity index (χ3v) is 5.34. The Morgan fingerprint density at radius 1 is 0.867 bits per heavy atom. The van der Waals surface area contributed by atoms with E-state index in [1.54, 1.807) is 36.4 Å². The van der Waals surface area contributed by atoms with Crippen LogP contribution >= 0.6 is 0 Å². The second-order valence-corrected chi connectivity index (χ2v) is 7.49. The topological polar surface area (TPSA) is 43.7 Å². The van der Waals surface area contributed by atoms with Crippen molar-refractivity contribution >= 4 is 0 Å². The second kappa shape index (κ2) is 10.0. The fourth-order valence-corrected chi connectivity index (χ4v) is 3.57. The van der Waals surface area contributed by atoms with Crippen LogP contribution in [0.5, 0.6) is 5.75 Å². The molecule has 1 radical (unpaired) electrons. The summed E-state index contributed by atoms with van der Waals surface area (Å²) in [7, 11) is 0. The number of halogens is 2. The largest absolute Gasteiger partial charge is 0.289 e. The number of hydrogen-bond donors (Lipinski definition) is 0. The maximum Gasteiger partial charge on any atom is 0.192 e. The first kappa shape index (κ1) is 21.5. The van der Waals surface area contributed by atoms with E-state index in [1.807, 2.05) is 18.2 Å². The molecule has 3 aromatic carbocycles. The van der Waals surface area contributed by atoms with Gasteiger partial charge in [0, 0.05) is 11.6 Å². The first-order valence-corrected chi connectivity index (χ1v) is 10.3. The molecule has 0 bridgehead atoms. The molecule has 153 valence electrons. The van der Waals surface area contributed by atoms with Gasteiger partial charge in [0.25, 0.3) is 0 Å². The number of unbranched alkanes of at least 4 members (excludes halogenated alkanes) is 2. The summed E-state index contributed by atoms with van der Waals surface area (Å²) in [6.07, 6.45) is 4.87. The van der Waals surface area contributed by atoms with E-state index in [2.05, 4.69) is 6.92 Å². The minimum absolute atomic E-state index is 0.0775. The summed E-state index contributed by atoms with van der Waals surface area (Å²) in [6, 6.07) is 17.1. The zero-order valence-corrected chi connectivity index (χ0v) is 17.1. The summed E-state index contributed by atoms with van der Waals surface area (Å²) < 4.78 is 29.5. The highest BCUT2D eigenvalue weighted by Crippen LogP contribution is 2.36. The highest BCUT2D eigenvalue weighted by Gasteiger charge is 2.20. The molecule has 0 spiro atoms. The van der Waals surface area contributed by atoms with Crippen LogP contribution in [0.4, 0.5) is 8.78 Å². The lowest BCUT2D eigenvalue weighted by Gasteiger charge is -2.12. The monoisotopic (exact) mass is 404 g/mol. The van der Waals surface area contributed by atoms with Crippen molar-refractivity contribution in [3.63, 3.8) is 0 Å². The molecule has 0 fully saturated rings. The predicted molar refractivity (Wildman–Crippen MR) is 114 cm³/mol. The van der Waals surface area contributed by atoms with Gasteiger partial charge in [0.05, 0.1) is 17.2 Å². The number of nitriles is 1. The third kappa shape index (κ3) is 5.04. The van der Waals surface area contributed by atoms with Crippen molar-refractivity contribution in [2.45, 2.75) is 45.4 Å². The van der Waals surface area contributed by atoms with E-state index in [-0.39, 0.29) is 17.5 Å². The average molecular weight is 404 g/mol. The van der Waals surface area contributed by atoms with Crippen molar-refractivity contribution in [2.75, 3.05) is 0 Å². The molecule has 0 amide bonds. The molecule has 0 aliphatic heterocycles. The van der Waals surface area contributed by atoms with Crippen LogP contribution in [0.2, 0.25) is 0 Å². The van der Waals surface area contributed by atoms with Crippen molar-refractivity contribution in [1.82, 2.24) is 0 Å². The maximum absolute atomic E-state index is 15.2. The van der Waals surface area contributed by atoms with Gasteiger partial charge in [-0.15, -0.1) is 0 Å². The quantitative estimate of drug-likeness (QED) is 0.367. The van der Waals surface area contributed by atoms with E-state index in [0.29, 0.717) is 17.5 Å². The first-order chi connectivity index (χ1) is 14.5. The molecule has 2 nitrogen and oxygen atoms in total. The maximum atomic E-state index is 15.2. The van der Waals surface area contributed by atoms with Crippen LogP contribution in [0.1, 0.15) is 48.4 Å². The lowest BCUT2D eigenvalue weighted by molar-refractivity contribution is 0.350. The van der Waals surface area contributed by atoms with E-state index in [1.165, 1.54) is 0 Å². The lowest BCUT2D eigenvalue weighted by atomic mass is 9.95. The smallest absolute Gasteiger partial charge is 0.192 e. The highest BCUT2D eigenvalue weighted by atomic mass is 19.1. The van der Waals surface area contributed by atoms with Gasteiger partial charge in [-0.1, -0.05) is 56.2 Å². The van der Waals surface area contributed by atoms with Gasteiger partial charge in [-0.05, 0) is 54.5 Å². The van der Waals surface area contributed by atoms with Crippen LogP contribution in [0.15, 0.2) is 54.6 Å². The molecule has 30 heavy (non-hydrogen) atoms. The van der Waals surface area contributed by atoms with Crippen molar-refractivity contribution < 1.29 is 13.9 Å². The van der Waals surface area contributed by atoms with E-state index in [0.717, 1.165) is 42.9 Å². The number of nitrogens with zero attached hydrogens (tertiary/aromatic N) is 1. The van der Waals surface area contributed by atoms with Crippen LogP contribution in [0.3, 0.4) is 0 Å². The normalized spacial score (nSPS) is 10.7. The van der Waals surface area contributed by atoms with Crippen molar-refractivity contribution in [3.8, 4) is 22.9 Å². The SMILES string of the molecule is CCCCCc1ccc(-c2c([O])cc(F)c(CCc3ccc(C#N)cc3)c2F)cc1. The molecule has 4 heteroatoms. The van der Waals surface area contributed by atoms with Crippen LogP contribution in [-0.2, 0) is 24.4 Å². The van der Waals surface area contributed by atoms with Gasteiger partial charge < -0.3 is 0 Å². The van der Waals surface area contributed by atoms with Crippen molar-refractivity contribution in [3.05, 3.63) is 88.5 Å². The second-order valence-electron chi connectivity index (χ2n) is 7.49. The molecule has 0 saturated carbocycles. The van der Waals surface area contributed by atoms with Gasteiger partial charge in [0.2, 0.25) is 0 Å².